The van der Waals surface area contributed by atoms with Gasteiger partial charge in [0.05, 0.1) is 18.4 Å². The van der Waals surface area contributed by atoms with Gasteiger partial charge in [-0.1, -0.05) is 30.3 Å². The van der Waals surface area contributed by atoms with Crippen molar-refractivity contribution in [2.24, 2.45) is 0 Å². The van der Waals surface area contributed by atoms with Crippen molar-refractivity contribution in [2.75, 3.05) is 17.3 Å². The van der Waals surface area contributed by atoms with Crippen LogP contribution < -0.4 is 15.0 Å². The number of para-hydroxylation sites is 1. The van der Waals surface area contributed by atoms with Crippen molar-refractivity contribution in [3.8, 4) is 5.75 Å². The van der Waals surface area contributed by atoms with E-state index in [0.29, 0.717) is 22.7 Å². The van der Waals surface area contributed by atoms with Gasteiger partial charge in [-0.05, 0) is 61.4 Å². The largest absolute Gasteiger partial charge is 0.496 e. The molecule has 31 heavy (non-hydrogen) atoms. The van der Waals surface area contributed by atoms with E-state index in [1.165, 1.54) is 25.3 Å². The highest BCUT2D eigenvalue weighted by Gasteiger charge is 2.41. The van der Waals surface area contributed by atoms with Gasteiger partial charge < -0.3 is 10.1 Å². The zero-order valence-electron chi connectivity index (χ0n) is 17.4. The molecule has 0 radical (unpaired) electrons. The summed E-state index contributed by atoms with van der Waals surface area (Å²) < 4.78 is 19.2. The quantitative estimate of drug-likeness (QED) is 0.604. The third-order valence-corrected chi connectivity index (χ3v) is 5.30. The van der Waals surface area contributed by atoms with Crippen LogP contribution in [0.1, 0.15) is 16.7 Å². The number of amides is 2. The van der Waals surface area contributed by atoms with Crippen LogP contribution in [0.2, 0.25) is 0 Å². The Balaban J connectivity index is 1.87. The number of nitrogens with zero attached hydrogens (tertiary/aromatic N) is 1. The molecule has 4 rings (SSSR count). The van der Waals surface area contributed by atoms with Crippen LogP contribution in [0.4, 0.5) is 15.8 Å². The van der Waals surface area contributed by atoms with Gasteiger partial charge in [0, 0.05) is 11.3 Å². The molecule has 1 aliphatic rings. The molecule has 0 aliphatic carbocycles. The van der Waals surface area contributed by atoms with Gasteiger partial charge in [0.2, 0.25) is 0 Å². The summed E-state index contributed by atoms with van der Waals surface area (Å²) in [5.41, 5.74) is 3.58. The Morgan fingerprint density at radius 1 is 0.871 bits per heavy atom. The Kier molecular flexibility index (Phi) is 5.29. The van der Waals surface area contributed by atoms with Gasteiger partial charge in [-0.15, -0.1) is 0 Å². The molecule has 1 N–H and O–H groups in total. The number of ether oxygens (including phenoxy) is 1. The summed E-state index contributed by atoms with van der Waals surface area (Å²) in [7, 11) is 1.50. The van der Waals surface area contributed by atoms with E-state index in [-0.39, 0.29) is 11.3 Å². The standard InChI is InChI=1S/C25H21FN2O3/c1-15-11-12-19(13-16(15)2)28-24(29)22(20-9-4-5-10-21(20)31-3)23(25(28)30)27-18-8-6-7-17(26)14-18/h4-14,27H,1-3H3. The topological polar surface area (TPSA) is 58.6 Å². The molecule has 2 amide bonds. The second-order valence-corrected chi connectivity index (χ2v) is 7.30. The molecule has 0 bridgehead atoms. The Hall–Kier alpha value is -3.93. The van der Waals surface area contributed by atoms with Crippen molar-refractivity contribution in [1.82, 2.24) is 0 Å². The number of hydrogen-bond donors (Lipinski definition) is 1. The maximum atomic E-state index is 13.7. The SMILES string of the molecule is COc1ccccc1C1=C(Nc2cccc(F)c2)C(=O)N(c2ccc(C)c(C)c2)C1=O. The molecular formula is C25H21FN2O3. The first-order valence-corrected chi connectivity index (χ1v) is 9.77. The normalized spacial score (nSPS) is 13.7. The number of imide groups is 1. The summed E-state index contributed by atoms with van der Waals surface area (Å²) in [6, 6.07) is 18.1. The molecule has 0 aromatic heterocycles. The van der Waals surface area contributed by atoms with Crippen LogP contribution in [-0.4, -0.2) is 18.9 Å². The second-order valence-electron chi connectivity index (χ2n) is 7.30. The lowest BCUT2D eigenvalue weighted by molar-refractivity contribution is -0.120. The molecule has 0 atom stereocenters. The number of hydrogen-bond acceptors (Lipinski definition) is 4. The molecule has 0 saturated carbocycles. The molecule has 1 aliphatic heterocycles. The van der Waals surface area contributed by atoms with Gasteiger partial charge in [0.25, 0.3) is 11.8 Å². The summed E-state index contributed by atoms with van der Waals surface area (Å²) in [5.74, 6) is -0.985. The zero-order valence-corrected chi connectivity index (χ0v) is 17.4. The molecule has 156 valence electrons. The lowest BCUT2D eigenvalue weighted by Crippen LogP contribution is -2.32. The molecule has 0 fully saturated rings. The van der Waals surface area contributed by atoms with Crippen LogP contribution in [0.3, 0.4) is 0 Å². The molecule has 1 heterocycles. The zero-order chi connectivity index (χ0) is 22.1. The molecular weight excluding hydrogens is 395 g/mol. The van der Waals surface area contributed by atoms with E-state index in [1.54, 1.807) is 42.5 Å². The first kappa shape index (κ1) is 20.3. The van der Waals surface area contributed by atoms with Gasteiger partial charge in [-0.25, -0.2) is 9.29 Å². The second kappa shape index (κ2) is 8.07. The number of carbonyl (C=O) groups excluding carboxylic acids is 2. The number of halogens is 1. The number of anilines is 2. The third-order valence-electron chi connectivity index (χ3n) is 5.30. The van der Waals surface area contributed by atoms with Gasteiger partial charge >= 0.3 is 0 Å². The van der Waals surface area contributed by atoms with Crippen LogP contribution in [-0.2, 0) is 9.59 Å². The van der Waals surface area contributed by atoms with Crippen molar-refractivity contribution >= 4 is 28.8 Å². The fourth-order valence-corrected chi connectivity index (χ4v) is 3.56. The monoisotopic (exact) mass is 416 g/mol. The van der Waals surface area contributed by atoms with E-state index in [1.807, 2.05) is 19.9 Å². The Morgan fingerprint density at radius 3 is 2.35 bits per heavy atom. The van der Waals surface area contributed by atoms with Gasteiger partial charge in [-0.2, -0.15) is 0 Å². The lowest BCUT2D eigenvalue weighted by atomic mass is 10.0. The van der Waals surface area contributed by atoms with E-state index in [4.69, 9.17) is 4.74 Å². The average molecular weight is 416 g/mol. The Bertz CT molecular complexity index is 1230. The first-order chi connectivity index (χ1) is 14.9. The average Bonchev–Trinajstić information content (AvgIpc) is 2.99. The predicted molar refractivity (Wildman–Crippen MR) is 118 cm³/mol. The lowest BCUT2D eigenvalue weighted by Gasteiger charge is -2.17. The van der Waals surface area contributed by atoms with Crippen molar-refractivity contribution in [2.45, 2.75) is 13.8 Å². The molecule has 3 aromatic rings. The van der Waals surface area contributed by atoms with E-state index in [0.717, 1.165) is 16.0 Å². The maximum absolute atomic E-state index is 13.7. The summed E-state index contributed by atoms with van der Waals surface area (Å²) in [6.07, 6.45) is 0. The van der Waals surface area contributed by atoms with E-state index >= 15 is 0 Å². The molecule has 0 unspecified atom stereocenters. The van der Waals surface area contributed by atoms with Crippen molar-refractivity contribution in [3.05, 3.63) is 94.9 Å². The number of benzene rings is 3. The van der Waals surface area contributed by atoms with E-state index in [9.17, 15) is 14.0 Å². The number of carbonyl (C=O) groups is 2. The summed E-state index contributed by atoms with van der Waals surface area (Å²) >= 11 is 0. The smallest absolute Gasteiger partial charge is 0.282 e. The van der Waals surface area contributed by atoms with Gasteiger partial charge in [0.15, 0.2) is 0 Å². The minimum atomic E-state index is -0.515. The number of aryl methyl sites for hydroxylation is 2. The highest BCUT2D eigenvalue weighted by Crippen LogP contribution is 2.37. The molecule has 0 saturated heterocycles. The highest BCUT2D eigenvalue weighted by atomic mass is 19.1. The van der Waals surface area contributed by atoms with Crippen molar-refractivity contribution in [3.63, 3.8) is 0 Å². The predicted octanol–water partition coefficient (Wildman–Crippen LogP) is 4.85. The Morgan fingerprint density at radius 2 is 1.65 bits per heavy atom. The summed E-state index contributed by atoms with van der Waals surface area (Å²) in [5, 5.41) is 2.96. The number of methoxy groups -OCH3 is 1. The number of nitrogens with one attached hydrogen (secondary N) is 1. The van der Waals surface area contributed by atoms with Crippen LogP contribution in [0.15, 0.2) is 72.4 Å². The van der Waals surface area contributed by atoms with Gasteiger partial charge in [0.1, 0.15) is 17.3 Å². The van der Waals surface area contributed by atoms with Gasteiger partial charge in [-0.3, -0.25) is 9.59 Å². The maximum Gasteiger partial charge on any atom is 0.282 e. The minimum absolute atomic E-state index is 0.0679. The summed E-state index contributed by atoms with van der Waals surface area (Å²) in [6.45, 7) is 3.88. The Labute approximate surface area is 179 Å². The van der Waals surface area contributed by atoms with Crippen molar-refractivity contribution < 1.29 is 18.7 Å². The van der Waals surface area contributed by atoms with Crippen LogP contribution >= 0.6 is 0 Å². The minimum Gasteiger partial charge on any atom is -0.496 e. The first-order valence-electron chi connectivity index (χ1n) is 9.77. The van der Waals surface area contributed by atoms with Crippen molar-refractivity contribution in [1.29, 1.82) is 0 Å². The fourth-order valence-electron chi connectivity index (χ4n) is 3.56. The van der Waals surface area contributed by atoms with E-state index in [2.05, 4.69) is 5.32 Å². The highest BCUT2D eigenvalue weighted by molar-refractivity contribution is 6.46. The van der Waals surface area contributed by atoms with Crippen LogP contribution in [0, 0.1) is 19.7 Å². The van der Waals surface area contributed by atoms with Crippen LogP contribution in [0.25, 0.3) is 5.57 Å². The molecule has 3 aromatic carbocycles. The molecule has 6 heteroatoms. The molecule has 5 nitrogen and oxygen atoms in total. The number of rotatable bonds is 5. The fraction of sp³-hybridized carbons (Fsp3) is 0.120. The third kappa shape index (κ3) is 3.68. The van der Waals surface area contributed by atoms with Crippen LogP contribution in [0.5, 0.6) is 5.75 Å². The molecule has 0 spiro atoms. The van der Waals surface area contributed by atoms with E-state index < -0.39 is 17.6 Å². The summed E-state index contributed by atoms with van der Waals surface area (Å²) in [4.78, 5) is 28.1.